The number of carbonyl (C=O) groups excluding carboxylic acids is 2. The Morgan fingerprint density at radius 1 is 1.44 bits per heavy atom. The smallest absolute Gasteiger partial charge is 0.348 e. The van der Waals surface area contributed by atoms with Gasteiger partial charge < -0.3 is 19.0 Å². The topological polar surface area (TPSA) is 86.0 Å². The van der Waals surface area contributed by atoms with Gasteiger partial charge in [0, 0.05) is 5.56 Å². The van der Waals surface area contributed by atoms with Crippen LogP contribution in [-0.2, 0) is 4.79 Å². The van der Waals surface area contributed by atoms with Crippen LogP contribution in [0.15, 0.2) is 16.6 Å². The van der Waals surface area contributed by atoms with Crippen molar-refractivity contribution < 1.29 is 28.6 Å². The van der Waals surface area contributed by atoms with E-state index in [0.29, 0.717) is 22.3 Å². The maximum Gasteiger partial charge on any atom is 0.348 e. The molecule has 0 spiro atoms. The van der Waals surface area contributed by atoms with Gasteiger partial charge in [-0.2, -0.15) is 0 Å². The maximum absolute atomic E-state index is 11.5. The molecule has 0 radical (unpaired) electrons. The Bertz CT molecular complexity index is 693. The highest BCUT2D eigenvalue weighted by atomic mass is 16.6. The van der Waals surface area contributed by atoms with Gasteiger partial charge in [0.25, 0.3) is 0 Å². The lowest BCUT2D eigenvalue weighted by atomic mass is 10.1. The molecule has 1 aliphatic rings. The van der Waals surface area contributed by atoms with E-state index in [9.17, 15) is 9.59 Å². The fourth-order valence-corrected chi connectivity index (χ4v) is 1.90. The number of aliphatic hydroxyl groups excluding tert-OH is 1. The van der Waals surface area contributed by atoms with Crippen molar-refractivity contribution in [2.75, 3.05) is 6.61 Å². The minimum atomic E-state index is -0.790. The first-order valence-electron chi connectivity index (χ1n) is 5.16. The Morgan fingerprint density at radius 2 is 2.17 bits per heavy atom. The largest absolute Gasteiger partial charge is 0.448 e. The summed E-state index contributed by atoms with van der Waals surface area (Å²) in [5.74, 6) is -1.12. The Kier molecular flexibility index (Phi) is 2.00. The molecule has 3 rings (SSSR count). The van der Waals surface area contributed by atoms with Crippen molar-refractivity contribution in [1.29, 1.82) is 0 Å². The van der Waals surface area contributed by atoms with Gasteiger partial charge in [-0.1, -0.05) is 6.58 Å². The van der Waals surface area contributed by atoms with E-state index in [0.717, 1.165) is 0 Å². The van der Waals surface area contributed by atoms with Crippen LogP contribution in [0.25, 0.3) is 11.2 Å². The van der Waals surface area contributed by atoms with Gasteiger partial charge in [0.2, 0.25) is 11.5 Å². The summed E-state index contributed by atoms with van der Waals surface area (Å²) in [5.41, 5.74) is 1.46. The first kappa shape index (κ1) is 10.8. The van der Waals surface area contributed by atoms with Crippen LogP contribution in [0.2, 0.25) is 0 Å². The van der Waals surface area contributed by atoms with Crippen molar-refractivity contribution in [1.82, 2.24) is 0 Å². The average molecular weight is 248 g/mol. The lowest BCUT2D eigenvalue weighted by molar-refractivity contribution is -0.130. The molecule has 0 amide bonds. The van der Waals surface area contributed by atoms with E-state index in [-0.39, 0.29) is 17.1 Å². The number of aryl methyl sites for hydroxylation is 1. The average Bonchev–Trinajstić information content (AvgIpc) is 2.92. The number of benzene rings is 1. The van der Waals surface area contributed by atoms with Gasteiger partial charge in [0.1, 0.15) is 5.56 Å². The van der Waals surface area contributed by atoms with E-state index in [1.165, 1.54) is 0 Å². The van der Waals surface area contributed by atoms with E-state index >= 15 is 0 Å². The molecule has 0 atom stereocenters. The van der Waals surface area contributed by atoms with Gasteiger partial charge in [-0.15, -0.1) is 0 Å². The minimum absolute atomic E-state index is 0.0664. The van der Waals surface area contributed by atoms with E-state index in [1.54, 1.807) is 6.92 Å². The molecule has 2 aromatic heterocycles. The lowest BCUT2D eigenvalue weighted by Crippen LogP contribution is -2.13. The van der Waals surface area contributed by atoms with Crippen LogP contribution in [0, 0.1) is 6.92 Å². The molecule has 6 heteroatoms. The summed E-state index contributed by atoms with van der Waals surface area (Å²) in [5, 5.41) is 8.78. The summed E-state index contributed by atoms with van der Waals surface area (Å²) in [4.78, 5) is 23.0. The molecule has 2 bridgehead atoms. The third-order valence-corrected chi connectivity index (χ3v) is 2.84. The minimum Gasteiger partial charge on any atom is -0.448 e. The second-order valence-corrected chi connectivity index (χ2v) is 3.96. The molecule has 92 valence electrons. The summed E-state index contributed by atoms with van der Waals surface area (Å²) in [6.07, 6.45) is 0. The molecule has 0 saturated heterocycles. The van der Waals surface area contributed by atoms with Gasteiger partial charge in [-0.3, -0.25) is 0 Å². The zero-order valence-corrected chi connectivity index (χ0v) is 9.40. The number of esters is 2. The molecule has 3 heterocycles. The van der Waals surface area contributed by atoms with Crippen LogP contribution in [0.5, 0.6) is 11.5 Å². The van der Waals surface area contributed by atoms with Crippen molar-refractivity contribution in [2.45, 2.75) is 6.92 Å². The van der Waals surface area contributed by atoms with Crippen LogP contribution >= 0.6 is 0 Å². The Hall–Kier alpha value is -2.34. The highest BCUT2D eigenvalue weighted by Crippen LogP contribution is 2.51. The number of rotatable bonds is 3. The number of hydrogen-bond donors (Lipinski definition) is 1. The summed E-state index contributed by atoms with van der Waals surface area (Å²) in [6, 6.07) is 0. The number of carbonyl (C=O) groups is 2. The zero-order chi connectivity index (χ0) is 13.0. The maximum atomic E-state index is 11.5. The molecule has 1 aliphatic heterocycles. The van der Waals surface area contributed by atoms with Crippen LogP contribution in [0.1, 0.15) is 15.9 Å². The van der Waals surface area contributed by atoms with Crippen molar-refractivity contribution in [3.63, 3.8) is 0 Å². The van der Waals surface area contributed by atoms with Crippen molar-refractivity contribution >= 4 is 23.1 Å². The van der Waals surface area contributed by atoms with Crippen LogP contribution in [0.3, 0.4) is 0 Å². The third kappa shape index (κ3) is 1.15. The first-order chi connectivity index (χ1) is 8.54. The number of hydrogen-bond acceptors (Lipinski definition) is 6. The summed E-state index contributed by atoms with van der Waals surface area (Å²) >= 11 is 0. The van der Waals surface area contributed by atoms with Gasteiger partial charge in [-0.25, -0.2) is 9.59 Å². The molecule has 6 nitrogen and oxygen atoms in total. The molecule has 1 N–H and O–H groups in total. The lowest BCUT2D eigenvalue weighted by Gasteiger charge is -2.03. The molecule has 2 aromatic rings. The van der Waals surface area contributed by atoms with Gasteiger partial charge in [-0.05, 0) is 6.92 Å². The fraction of sp³-hybridized carbons (Fsp3) is 0.167. The molecule has 0 fully saturated rings. The predicted molar refractivity (Wildman–Crippen MR) is 59.0 cm³/mol. The Balaban J connectivity index is 2.04. The summed E-state index contributed by atoms with van der Waals surface area (Å²) in [7, 11) is 0. The normalized spacial score (nSPS) is 13.1. The highest BCUT2D eigenvalue weighted by molar-refractivity contribution is 6.12. The van der Waals surface area contributed by atoms with Crippen LogP contribution in [-0.4, -0.2) is 23.7 Å². The quantitative estimate of drug-likeness (QED) is 0.498. The van der Waals surface area contributed by atoms with Gasteiger partial charge >= 0.3 is 11.9 Å². The van der Waals surface area contributed by atoms with E-state index in [2.05, 4.69) is 6.58 Å². The standard InChI is InChI=1S/C12H8O6/c1-4(3-13)11(14)17-9-7-5(2)6-8(16-7)10(9)18-12(6)15/h13H,1,3H2,2H3. The second kappa shape index (κ2) is 3.33. The van der Waals surface area contributed by atoms with Crippen molar-refractivity contribution in [3.8, 4) is 11.5 Å². The first-order valence-corrected chi connectivity index (χ1v) is 5.16. The van der Waals surface area contributed by atoms with E-state index in [1.807, 2.05) is 0 Å². The van der Waals surface area contributed by atoms with Gasteiger partial charge in [0.05, 0.1) is 12.2 Å². The SMILES string of the molecule is C=C(CO)C(=O)Oc1c2c3oc1c(C)c3C(=O)O2. The highest BCUT2D eigenvalue weighted by Gasteiger charge is 2.39. The number of aliphatic hydroxyl groups is 1. The molecule has 18 heavy (non-hydrogen) atoms. The van der Waals surface area contributed by atoms with E-state index in [4.69, 9.17) is 19.0 Å². The summed E-state index contributed by atoms with van der Waals surface area (Å²) in [6.45, 7) is 4.52. The van der Waals surface area contributed by atoms with Crippen LogP contribution < -0.4 is 9.47 Å². The zero-order valence-electron chi connectivity index (χ0n) is 9.40. The van der Waals surface area contributed by atoms with Crippen molar-refractivity contribution in [3.05, 3.63) is 23.3 Å². The summed E-state index contributed by atoms with van der Waals surface area (Å²) < 4.78 is 15.3. The Morgan fingerprint density at radius 3 is 2.83 bits per heavy atom. The molecule has 0 saturated carbocycles. The van der Waals surface area contributed by atoms with Gasteiger partial charge in [0.15, 0.2) is 11.2 Å². The molecule has 0 aromatic carbocycles. The fourth-order valence-electron chi connectivity index (χ4n) is 1.90. The molecule has 0 aliphatic carbocycles. The predicted octanol–water partition coefficient (Wildman–Crippen LogP) is 1.17. The third-order valence-electron chi connectivity index (χ3n) is 2.84. The molecule has 0 unspecified atom stereocenters. The monoisotopic (exact) mass is 248 g/mol. The Labute approximate surface area is 101 Å². The number of ether oxygens (including phenoxy) is 2. The molecular weight excluding hydrogens is 240 g/mol. The van der Waals surface area contributed by atoms with Crippen LogP contribution in [0.4, 0.5) is 0 Å². The second-order valence-electron chi connectivity index (χ2n) is 3.96. The molecular formula is C12H8O6. The van der Waals surface area contributed by atoms with Crippen molar-refractivity contribution in [2.24, 2.45) is 0 Å². The van der Waals surface area contributed by atoms with E-state index < -0.39 is 18.5 Å². The number of furan rings is 2. The number of fused-ring (bicyclic) bond motifs is 1.